The van der Waals surface area contributed by atoms with Crippen molar-refractivity contribution in [3.05, 3.63) is 67.0 Å². The number of nitrogens with two attached hydrogens (primary N) is 1. The van der Waals surface area contributed by atoms with Crippen LogP contribution >= 0.6 is 0 Å². The Balaban J connectivity index is 1.37. The summed E-state index contributed by atoms with van der Waals surface area (Å²) < 4.78 is 29.0. The van der Waals surface area contributed by atoms with Gasteiger partial charge in [-0.25, -0.2) is 19.6 Å². The molecule has 4 heterocycles. The maximum atomic E-state index is 13.4. The molecule has 0 saturated carbocycles. The van der Waals surface area contributed by atoms with Crippen LogP contribution in [0.5, 0.6) is 28.7 Å². The number of benzene rings is 1. The van der Waals surface area contributed by atoms with Gasteiger partial charge in [-0.15, -0.1) is 0 Å². The highest BCUT2D eigenvalue weighted by Gasteiger charge is 2.22. The number of nitrogens with one attached hydrogen (secondary N) is 1. The van der Waals surface area contributed by atoms with E-state index in [0.29, 0.717) is 40.8 Å². The Morgan fingerprint density at radius 3 is 2.37 bits per heavy atom. The van der Waals surface area contributed by atoms with Crippen molar-refractivity contribution < 1.29 is 28.5 Å². The largest absolute Gasteiger partial charge is 0.493 e. The van der Waals surface area contributed by atoms with Gasteiger partial charge >= 0.3 is 0 Å². The van der Waals surface area contributed by atoms with Gasteiger partial charge in [-0.05, 0) is 24.3 Å². The third-order valence-electron chi connectivity index (χ3n) is 5.81. The molecule has 0 aliphatic carbocycles. The minimum Gasteiger partial charge on any atom is -0.493 e. The Bertz CT molecular complexity index is 1660. The Labute approximate surface area is 234 Å². The Kier molecular flexibility index (Phi) is 8.01. The number of carbonyl (C=O) groups excluding carboxylic acids is 1. The molecule has 0 radical (unpaired) electrons. The Morgan fingerprint density at radius 2 is 1.66 bits per heavy atom. The predicted octanol–water partition coefficient (Wildman–Crippen LogP) is 3.27. The van der Waals surface area contributed by atoms with Gasteiger partial charge in [-0.1, -0.05) is 0 Å². The monoisotopic (exact) mass is 558 g/mol. The van der Waals surface area contributed by atoms with Gasteiger partial charge in [0.2, 0.25) is 5.95 Å². The molecule has 14 heteroatoms. The second-order valence-electron chi connectivity index (χ2n) is 8.38. The smallest absolute Gasteiger partial charge is 0.279 e. The number of hydrogen-bond donors (Lipinski definition) is 2. The van der Waals surface area contributed by atoms with Crippen LogP contribution in [-0.2, 0) is 4.74 Å². The second kappa shape index (κ2) is 12.1. The molecule has 0 aliphatic rings. The van der Waals surface area contributed by atoms with Gasteiger partial charge in [0.05, 0.1) is 51.1 Å². The van der Waals surface area contributed by atoms with Gasteiger partial charge in [0.15, 0.2) is 22.9 Å². The van der Waals surface area contributed by atoms with Gasteiger partial charge in [0.1, 0.15) is 29.6 Å². The van der Waals surface area contributed by atoms with E-state index in [1.807, 2.05) is 0 Å². The summed E-state index contributed by atoms with van der Waals surface area (Å²) in [5, 5.41) is 7.76. The number of carbonyl (C=O) groups is 1. The molecule has 5 rings (SSSR count). The van der Waals surface area contributed by atoms with Gasteiger partial charge in [0, 0.05) is 24.8 Å². The molecular formula is C27H26N8O6. The summed E-state index contributed by atoms with van der Waals surface area (Å²) in [7, 11) is 4.67. The van der Waals surface area contributed by atoms with E-state index in [9.17, 15) is 4.79 Å². The normalized spacial score (nSPS) is 10.8. The molecule has 41 heavy (non-hydrogen) atoms. The number of rotatable bonds is 11. The molecule has 0 saturated heterocycles. The van der Waals surface area contributed by atoms with Crippen molar-refractivity contribution in [3.63, 3.8) is 0 Å². The molecule has 0 atom stereocenters. The molecule has 3 N–H and O–H groups in total. The standard InChI is InChI=1S/C27H26N8O6/c1-37-8-9-40-23-15-33-35(16-12-31-27(28)32-13-16)25(23)26(36)34-24-5-4-17(14-30-24)41-20-6-7-29-19-11-22(39-3)21(38-2)10-18(19)20/h4-7,10-15H,8-9H2,1-3H3,(H2,28,31,32)(H,30,34,36). The van der Waals surface area contributed by atoms with Crippen LogP contribution in [0.15, 0.2) is 61.3 Å². The molecule has 0 spiro atoms. The fourth-order valence-corrected chi connectivity index (χ4v) is 3.87. The number of nitrogens with zero attached hydrogens (tertiary/aromatic N) is 6. The van der Waals surface area contributed by atoms with E-state index in [1.165, 1.54) is 29.5 Å². The van der Waals surface area contributed by atoms with Gasteiger partial charge in [-0.2, -0.15) is 5.10 Å². The average Bonchev–Trinajstić information content (AvgIpc) is 3.42. The molecule has 210 valence electrons. The van der Waals surface area contributed by atoms with Crippen molar-refractivity contribution in [1.29, 1.82) is 0 Å². The van der Waals surface area contributed by atoms with Crippen molar-refractivity contribution in [2.24, 2.45) is 0 Å². The maximum absolute atomic E-state index is 13.4. The molecule has 14 nitrogen and oxygen atoms in total. The van der Waals surface area contributed by atoms with Crippen molar-refractivity contribution in [2.45, 2.75) is 0 Å². The molecule has 0 unspecified atom stereocenters. The van der Waals surface area contributed by atoms with E-state index in [2.05, 4.69) is 30.4 Å². The van der Waals surface area contributed by atoms with Crippen LogP contribution in [0, 0.1) is 0 Å². The van der Waals surface area contributed by atoms with Gasteiger partial charge in [-0.3, -0.25) is 9.78 Å². The number of hydrogen-bond acceptors (Lipinski definition) is 12. The second-order valence-corrected chi connectivity index (χ2v) is 8.38. The van der Waals surface area contributed by atoms with Crippen LogP contribution in [0.3, 0.4) is 0 Å². The lowest BCUT2D eigenvalue weighted by Crippen LogP contribution is -2.19. The predicted molar refractivity (Wildman–Crippen MR) is 148 cm³/mol. The number of anilines is 2. The molecule has 1 amide bonds. The van der Waals surface area contributed by atoms with Crippen LogP contribution in [0.2, 0.25) is 0 Å². The first-order chi connectivity index (χ1) is 20.0. The molecule has 0 bridgehead atoms. The highest BCUT2D eigenvalue weighted by molar-refractivity contribution is 6.04. The maximum Gasteiger partial charge on any atom is 0.279 e. The summed E-state index contributed by atoms with van der Waals surface area (Å²) in [6.45, 7) is 0.542. The zero-order chi connectivity index (χ0) is 28.8. The van der Waals surface area contributed by atoms with Crippen LogP contribution in [0.1, 0.15) is 10.5 Å². The summed E-state index contributed by atoms with van der Waals surface area (Å²) in [6.07, 6.45) is 7.44. The highest BCUT2D eigenvalue weighted by atomic mass is 16.5. The number of methoxy groups -OCH3 is 3. The molecule has 0 fully saturated rings. The van der Waals surface area contributed by atoms with Crippen molar-refractivity contribution in [1.82, 2.24) is 29.7 Å². The molecule has 1 aromatic carbocycles. The van der Waals surface area contributed by atoms with E-state index < -0.39 is 5.91 Å². The van der Waals surface area contributed by atoms with Crippen LogP contribution in [0.25, 0.3) is 16.6 Å². The first-order valence-electron chi connectivity index (χ1n) is 12.2. The molecule has 5 aromatic rings. The van der Waals surface area contributed by atoms with Crippen LogP contribution in [-0.4, -0.2) is 70.2 Å². The number of aromatic nitrogens is 6. The van der Waals surface area contributed by atoms with Crippen molar-refractivity contribution >= 4 is 28.6 Å². The fourth-order valence-electron chi connectivity index (χ4n) is 3.87. The SMILES string of the molecule is COCCOc1cnn(-c2cnc(N)nc2)c1C(=O)Nc1ccc(Oc2ccnc3cc(OC)c(OC)cc23)cn1. The first kappa shape index (κ1) is 27.1. The van der Waals surface area contributed by atoms with Crippen LogP contribution < -0.4 is 30.0 Å². The topological polar surface area (TPSA) is 171 Å². The number of pyridine rings is 2. The lowest BCUT2D eigenvalue weighted by molar-refractivity contribution is 0.101. The van der Waals surface area contributed by atoms with Gasteiger partial charge in [0.25, 0.3) is 5.91 Å². The Hall–Kier alpha value is -5.50. The van der Waals surface area contributed by atoms with Crippen LogP contribution in [0.4, 0.5) is 11.8 Å². The zero-order valence-corrected chi connectivity index (χ0v) is 22.4. The average molecular weight is 559 g/mol. The number of fused-ring (bicyclic) bond motifs is 1. The summed E-state index contributed by atoms with van der Waals surface area (Å²) in [5.41, 5.74) is 6.80. The number of nitrogen functional groups attached to an aromatic ring is 1. The third-order valence-corrected chi connectivity index (χ3v) is 5.81. The van der Waals surface area contributed by atoms with E-state index in [4.69, 9.17) is 29.4 Å². The summed E-state index contributed by atoms with van der Waals surface area (Å²) in [6, 6.07) is 8.58. The zero-order valence-electron chi connectivity index (χ0n) is 22.4. The molecule has 4 aromatic heterocycles. The summed E-state index contributed by atoms with van der Waals surface area (Å²) >= 11 is 0. The summed E-state index contributed by atoms with van der Waals surface area (Å²) in [4.78, 5) is 30.0. The number of ether oxygens (including phenoxy) is 5. The third kappa shape index (κ3) is 5.91. The van der Waals surface area contributed by atoms with Crippen molar-refractivity contribution in [3.8, 4) is 34.4 Å². The minimum atomic E-state index is -0.519. The lowest BCUT2D eigenvalue weighted by Gasteiger charge is -2.13. The van der Waals surface area contributed by atoms with Crippen molar-refractivity contribution in [2.75, 3.05) is 45.6 Å². The summed E-state index contributed by atoms with van der Waals surface area (Å²) in [5.74, 6) is 2.18. The van der Waals surface area contributed by atoms with E-state index in [1.54, 1.807) is 57.9 Å². The minimum absolute atomic E-state index is 0.0913. The molecule has 0 aliphatic heterocycles. The Morgan fingerprint density at radius 1 is 0.878 bits per heavy atom. The van der Waals surface area contributed by atoms with E-state index in [-0.39, 0.29) is 29.8 Å². The first-order valence-corrected chi connectivity index (χ1v) is 12.2. The fraction of sp³-hybridized carbons (Fsp3) is 0.185. The van der Waals surface area contributed by atoms with E-state index >= 15 is 0 Å². The quantitative estimate of drug-likeness (QED) is 0.227. The highest BCUT2D eigenvalue weighted by Crippen LogP contribution is 2.36. The van der Waals surface area contributed by atoms with Gasteiger partial charge < -0.3 is 34.7 Å². The number of amides is 1. The molecular weight excluding hydrogens is 532 g/mol. The lowest BCUT2D eigenvalue weighted by atomic mass is 10.2. The van der Waals surface area contributed by atoms with E-state index in [0.717, 1.165) is 5.39 Å².